The van der Waals surface area contributed by atoms with E-state index in [1.165, 1.54) is 6.42 Å². The van der Waals surface area contributed by atoms with Crippen molar-refractivity contribution in [3.63, 3.8) is 0 Å². The quantitative estimate of drug-likeness (QED) is 0.875. The first-order valence-electron chi connectivity index (χ1n) is 7.10. The Balaban J connectivity index is 2.18. The van der Waals surface area contributed by atoms with E-state index in [-0.39, 0.29) is 6.10 Å². The summed E-state index contributed by atoms with van der Waals surface area (Å²) in [6, 6.07) is 0. The first kappa shape index (κ1) is 13.6. The van der Waals surface area contributed by atoms with Crippen molar-refractivity contribution in [3.8, 4) is 0 Å². The Hall–Kier alpha value is -0.830. The topological polar surface area (TPSA) is 38.0 Å². The highest BCUT2D eigenvalue weighted by molar-refractivity contribution is 5.27. The molecule has 1 aromatic rings. The fraction of sp³-hybridized carbons (Fsp3) is 0.800. The van der Waals surface area contributed by atoms with E-state index in [1.807, 2.05) is 25.6 Å². The number of aliphatic hydroxyl groups is 1. The first-order chi connectivity index (χ1) is 8.41. The molecule has 0 saturated heterocycles. The number of aryl methyl sites for hydroxylation is 2. The second-order valence-corrected chi connectivity index (χ2v) is 6.18. The molecule has 1 heterocycles. The molecule has 0 aromatic carbocycles. The van der Waals surface area contributed by atoms with Crippen LogP contribution in [0.2, 0.25) is 0 Å². The van der Waals surface area contributed by atoms with Crippen LogP contribution in [0, 0.1) is 31.6 Å². The summed E-state index contributed by atoms with van der Waals surface area (Å²) in [5, 5.41) is 15.1. The normalized spacial score (nSPS) is 30.4. The SMILES string of the molecule is Cc1nn(C)c(C)c1C(O)C1CCC(C)C(C)C1. The summed E-state index contributed by atoms with van der Waals surface area (Å²) in [6.45, 7) is 8.69. The van der Waals surface area contributed by atoms with Crippen molar-refractivity contribution < 1.29 is 5.11 Å². The molecule has 0 amide bonds. The van der Waals surface area contributed by atoms with Gasteiger partial charge in [-0.3, -0.25) is 4.68 Å². The molecule has 1 aliphatic rings. The average molecular weight is 250 g/mol. The van der Waals surface area contributed by atoms with Crippen molar-refractivity contribution in [2.24, 2.45) is 24.8 Å². The van der Waals surface area contributed by atoms with Crippen LogP contribution in [-0.2, 0) is 7.05 Å². The molecule has 1 N–H and O–H groups in total. The van der Waals surface area contributed by atoms with E-state index in [2.05, 4.69) is 18.9 Å². The minimum Gasteiger partial charge on any atom is -0.388 e. The van der Waals surface area contributed by atoms with Crippen LogP contribution in [0.15, 0.2) is 0 Å². The van der Waals surface area contributed by atoms with Gasteiger partial charge in [-0.25, -0.2) is 0 Å². The summed E-state index contributed by atoms with van der Waals surface area (Å²) in [5.41, 5.74) is 3.14. The maximum Gasteiger partial charge on any atom is 0.0854 e. The van der Waals surface area contributed by atoms with Crippen LogP contribution in [0.1, 0.15) is 56.2 Å². The van der Waals surface area contributed by atoms with Gasteiger partial charge in [0.1, 0.15) is 0 Å². The van der Waals surface area contributed by atoms with E-state index in [4.69, 9.17) is 0 Å². The lowest BCUT2D eigenvalue weighted by Gasteiger charge is -2.34. The number of rotatable bonds is 2. The molecular weight excluding hydrogens is 224 g/mol. The molecule has 102 valence electrons. The van der Waals surface area contributed by atoms with Crippen LogP contribution in [0.5, 0.6) is 0 Å². The standard InChI is InChI=1S/C15H26N2O/c1-9-6-7-13(8-10(9)2)15(18)14-11(3)16-17(5)12(14)4/h9-10,13,15,18H,6-8H2,1-5H3. The predicted molar refractivity (Wildman–Crippen MR) is 73.3 cm³/mol. The van der Waals surface area contributed by atoms with Gasteiger partial charge in [0.25, 0.3) is 0 Å². The summed E-state index contributed by atoms with van der Waals surface area (Å²) in [6.07, 6.45) is 3.17. The maximum atomic E-state index is 10.7. The highest BCUT2D eigenvalue weighted by Gasteiger charge is 2.32. The van der Waals surface area contributed by atoms with Crippen molar-refractivity contribution >= 4 is 0 Å². The number of aliphatic hydroxyl groups excluding tert-OH is 1. The van der Waals surface area contributed by atoms with Gasteiger partial charge in [0, 0.05) is 18.3 Å². The van der Waals surface area contributed by atoms with Crippen LogP contribution >= 0.6 is 0 Å². The van der Waals surface area contributed by atoms with Gasteiger partial charge in [0.05, 0.1) is 11.8 Å². The molecule has 1 fully saturated rings. The average Bonchev–Trinajstić information content (AvgIpc) is 2.56. The Morgan fingerprint density at radius 3 is 2.39 bits per heavy atom. The van der Waals surface area contributed by atoms with Gasteiger partial charge in [-0.05, 0) is 44.4 Å². The predicted octanol–water partition coefficient (Wildman–Crippen LogP) is 3.14. The molecule has 1 saturated carbocycles. The minimum absolute atomic E-state index is 0.339. The molecule has 1 aromatic heterocycles. The Morgan fingerprint density at radius 1 is 1.22 bits per heavy atom. The summed E-state index contributed by atoms with van der Waals surface area (Å²) >= 11 is 0. The van der Waals surface area contributed by atoms with E-state index in [1.54, 1.807) is 0 Å². The smallest absolute Gasteiger partial charge is 0.0854 e. The van der Waals surface area contributed by atoms with Crippen LogP contribution in [0.4, 0.5) is 0 Å². The van der Waals surface area contributed by atoms with Crippen molar-refractivity contribution in [3.05, 3.63) is 17.0 Å². The van der Waals surface area contributed by atoms with Gasteiger partial charge in [-0.2, -0.15) is 5.10 Å². The number of hydrogen-bond acceptors (Lipinski definition) is 2. The van der Waals surface area contributed by atoms with Gasteiger partial charge in [0.2, 0.25) is 0 Å². The number of nitrogens with zero attached hydrogens (tertiary/aromatic N) is 2. The van der Waals surface area contributed by atoms with Crippen LogP contribution in [0.25, 0.3) is 0 Å². The molecular formula is C15H26N2O. The van der Waals surface area contributed by atoms with Gasteiger partial charge >= 0.3 is 0 Å². The highest BCUT2D eigenvalue weighted by Crippen LogP contribution is 2.41. The van der Waals surface area contributed by atoms with E-state index >= 15 is 0 Å². The maximum absolute atomic E-state index is 10.7. The lowest BCUT2D eigenvalue weighted by Crippen LogP contribution is -2.25. The zero-order valence-electron chi connectivity index (χ0n) is 12.3. The highest BCUT2D eigenvalue weighted by atomic mass is 16.3. The molecule has 4 atom stereocenters. The fourth-order valence-electron chi connectivity index (χ4n) is 3.33. The van der Waals surface area contributed by atoms with Gasteiger partial charge in [0.15, 0.2) is 0 Å². The van der Waals surface area contributed by atoms with Crippen LogP contribution in [-0.4, -0.2) is 14.9 Å². The zero-order valence-corrected chi connectivity index (χ0v) is 12.3. The Bertz CT molecular complexity index is 424. The Morgan fingerprint density at radius 2 is 1.89 bits per heavy atom. The summed E-state index contributed by atoms with van der Waals surface area (Å²) in [4.78, 5) is 0. The molecule has 0 radical (unpaired) electrons. The minimum atomic E-state index is -0.339. The molecule has 0 spiro atoms. The number of aromatic nitrogens is 2. The summed E-state index contributed by atoms with van der Waals surface area (Å²) < 4.78 is 1.88. The largest absolute Gasteiger partial charge is 0.388 e. The van der Waals surface area contributed by atoms with Crippen molar-refractivity contribution in [1.29, 1.82) is 0 Å². The molecule has 3 nitrogen and oxygen atoms in total. The third kappa shape index (κ3) is 2.33. The summed E-state index contributed by atoms with van der Waals surface area (Å²) in [5.74, 6) is 1.91. The van der Waals surface area contributed by atoms with Crippen LogP contribution in [0.3, 0.4) is 0 Å². The molecule has 3 heteroatoms. The lowest BCUT2D eigenvalue weighted by atomic mass is 9.72. The van der Waals surface area contributed by atoms with Crippen LogP contribution < -0.4 is 0 Å². The van der Waals surface area contributed by atoms with E-state index < -0.39 is 0 Å². The Labute approximate surface area is 110 Å². The lowest BCUT2D eigenvalue weighted by molar-refractivity contribution is 0.0552. The molecule has 2 rings (SSSR count). The van der Waals surface area contributed by atoms with Crippen molar-refractivity contribution in [1.82, 2.24) is 9.78 Å². The fourth-order valence-corrected chi connectivity index (χ4v) is 3.33. The monoisotopic (exact) mass is 250 g/mol. The van der Waals surface area contributed by atoms with E-state index in [0.29, 0.717) is 5.92 Å². The summed E-state index contributed by atoms with van der Waals surface area (Å²) in [7, 11) is 1.95. The Kier molecular flexibility index (Phi) is 3.81. The second kappa shape index (κ2) is 5.04. The second-order valence-electron chi connectivity index (χ2n) is 6.18. The van der Waals surface area contributed by atoms with E-state index in [0.717, 1.165) is 41.6 Å². The van der Waals surface area contributed by atoms with Gasteiger partial charge in [-0.1, -0.05) is 20.3 Å². The van der Waals surface area contributed by atoms with Gasteiger partial charge < -0.3 is 5.11 Å². The van der Waals surface area contributed by atoms with E-state index in [9.17, 15) is 5.11 Å². The molecule has 0 aliphatic heterocycles. The van der Waals surface area contributed by atoms with Crippen molar-refractivity contribution in [2.75, 3.05) is 0 Å². The third-order valence-corrected chi connectivity index (χ3v) is 4.95. The number of hydrogen-bond donors (Lipinski definition) is 1. The molecule has 18 heavy (non-hydrogen) atoms. The van der Waals surface area contributed by atoms with Crippen molar-refractivity contribution in [2.45, 2.75) is 53.1 Å². The molecule has 0 bridgehead atoms. The first-order valence-corrected chi connectivity index (χ1v) is 7.10. The molecule has 4 unspecified atom stereocenters. The van der Waals surface area contributed by atoms with Gasteiger partial charge in [-0.15, -0.1) is 0 Å². The third-order valence-electron chi connectivity index (χ3n) is 4.95. The zero-order chi connectivity index (χ0) is 13.4. The molecule has 1 aliphatic carbocycles.